The molecule has 0 spiro atoms. The summed E-state index contributed by atoms with van der Waals surface area (Å²) in [6.45, 7) is 7.10. The standard InChI is InChI=1S/C24H31N3O4S/c1-3-31-24(28)19(2)18-20-6-8-21(9-7-20)26-22-10-12-23(13-11-22)32(29,30)25-14-17-27-15-4-5-16-27/h6-13,18,25-26H,3-5,14-17H2,1-2H3. The van der Waals surface area contributed by atoms with Crippen LogP contribution in [0.1, 0.15) is 32.3 Å². The lowest BCUT2D eigenvalue weighted by atomic mass is 10.1. The number of likely N-dealkylation sites (tertiary alicyclic amines) is 1. The van der Waals surface area contributed by atoms with Crippen molar-refractivity contribution in [1.29, 1.82) is 0 Å². The maximum absolute atomic E-state index is 12.5. The van der Waals surface area contributed by atoms with E-state index in [0.29, 0.717) is 18.7 Å². The molecule has 0 amide bonds. The van der Waals surface area contributed by atoms with Crippen molar-refractivity contribution in [2.75, 3.05) is 38.1 Å². The highest BCUT2D eigenvalue weighted by atomic mass is 32.2. The first-order valence-corrected chi connectivity index (χ1v) is 12.4. The molecular formula is C24H31N3O4S. The Labute approximate surface area is 190 Å². The van der Waals surface area contributed by atoms with Crippen LogP contribution >= 0.6 is 0 Å². The van der Waals surface area contributed by atoms with Gasteiger partial charge in [-0.3, -0.25) is 0 Å². The second-order valence-electron chi connectivity index (χ2n) is 7.77. The van der Waals surface area contributed by atoms with Gasteiger partial charge in [0, 0.05) is 30.0 Å². The Hall–Kier alpha value is -2.68. The highest BCUT2D eigenvalue weighted by molar-refractivity contribution is 7.89. The van der Waals surface area contributed by atoms with Gasteiger partial charge in [-0.05, 0) is 87.8 Å². The number of anilines is 2. The van der Waals surface area contributed by atoms with E-state index in [0.717, 1.165) is 36.6 Å². The zero-order valence-electron chi connectivity index (χ0n) is 18.6. The molecule has 0 saturated carbocycles. The fraction of sp³-hybridized carbons (Fsp3) is 0.375. The molecule has 32 heavy (non-hydrogen) atoms. The molecule has 7 nitrogen and oxygen atoms in total. The Morgan fingerprint density at radius 2 is 1.62 bits per heavy atom. The second kappa shape index (κ2) is 11.3. The molecule has 1 saturated heterocycles. The van der Waals surface area contributed by atoms with E-state index in [1.165, 1.54) is 12.8 Å². The molecule has 2 aromatic carbocycles. The van der Waals surface area contributed by atoms with Crippen molar-refractivity contribution in [3.63, 3.8) is 0 Å². The number of hydrogen-bond donors (Lipinski definition) is 2. The zero-order valence-corrected chi connectivity index (χ0v) is 19.5. The van der Waals surface area contributed by atoms with Crippen LogP contribution in [0.25, 0.3) is 6.08 Å². The molecule has 8 heteroatoms. The molecule has 0 aliphatic carbocycles. The number of carbonyl (C=O) groups is 1. The largest absolute Gasteiger partial charge is 0.463 e. The number of rotatable bonds is 10. The molecule has 1 heterocycles. The molecule has 172 valence electrons. The Balaban J connectivity index is 1.55. The van der Waals surface area contributed by atoms with Crippen molar-refractivity contribution in [2.24, 2.45) is 0 Å². The summed E-state index contributed by atoms with van der Waals surface area (Å²) >= 11 is 0. The average molecular weight is 458 g/mol. The third-order valence-corrected chi connectivity index (χ3v) is 6.74. The van der Waals surface area contributed by atoms with Gasteiger partial charge in [0.15, 0.2) is 0 Å². The number of benzene rings is 2. The predicted octanol–water partition coefficient (Wildman–Crippen LogP) is 3.77. The fourth-order valence-electron chi connectivity index (χ4n) is 3.53. The third-order valence-electron chi connectivity index (χ3n) is 5.26. The van der Waals surface area contributed by atoms with Crippen LogP contribution in [0.15, 0.2) is 59.0 Å². The summed E-state index contributed by atoms with van der Waals surface area (Å²) in [4.78, 5) is 14.2. The molecular weight excluding hydrogens is 426 g/mol. The van der Waals surface area contributed by atoms with Gasteiger partial charge in [-0.25, -0.2) is 17.9 Å². The number of sulfonamides is 1. The Kier molecular flexibility index (Phi) is 8.44. The Morgan fingerprint density at radius 1 is 1.03 bits per heavy atom. The lowest BCUT2D eigenvalue weighted by Crippen LogP contribution is -2.33. The number of carbonyl (C=O) groups excluding carboxylic acids is 1. The molecule has 0 radical (unpaired) electrons. The normalized spacial score (nSPS) is 15.0. The molecule has 0 atom stereocenters. The smallest absolute Gasteiger partial charge is 0.333 e. The number of ether oxygens (including phenoxy) is 1. The van der Waals surface area contributed by atoms with Crippen molar-refractivity contribution in [2.45, 2.75) is 31.6 Å². The van der Waals surface area contributed by atoms with E-state index in [1.54, 1.807) is 44.2 Å². The van der Waals surface area contributed by atoms with Crippen molar-refractivity contribution in [3.8, 4) is 0 Å². The van der Waals surface area contributed by atoms with Gasteiger partial charge < -0.3 is 15.0 Å². The van der Waals surface area contributed by atoms with Crippen molar-refractivity contribution >= 4 is 33.4 Å². The topological polar surface area (TPSA) is 87.7 Å². The Bertz CT molecular complexity index is 1030. The van der Waals surface area contributed by atoms with Crippen LogP contribution in [0.2, 0.25) is 0 Å². The maximum Gasteiger partial charge on any atom is 0.333 e. The van der Waals surface area contributed by atoms with Gasteiger partial charge in [0.05, 0.1) is 11.5 Å². The summed E-state index contributed by atoms with van der Waals surface area (Å²) in [7, 11) is -3.52. The molecule has 1 aliphatic rings. The summed E-state index contributed by atoms with van der Waals surface area (Å²) < 4.78 is 32.7. The van der Waals surface area contributed by atoms with Crippen LogP contribution in [-0.4, -0.2) is 52.1 Å². The van der Waals surface area contributed by atoms with E-state index >= 15 is 0 Å². The molecule has 0 aromatic heterocycles. The van der Waals surface area contributed by atoms with Crippen LogP contribution in [0.5, 0.6) is 0 Å². The Morgan fingerprint density at radius 3 is 2.22 bits per heavy atom. The summed E-state index contributed by atoms with van der Waals surface area (Å²) in [5, 5.41) is 3.25. The van der Waals surface area contributed by atoms with Gasteiger partial charge in [0.1, 0.15) is 0 Å². The number of nitrogens with one attached hydrogen (secondary N) is 2. The monoisotopic (exact) mass is 457 g/mol. The van der Waals surface area contributed by atoms with Crippen molar-refractivity contribution in [3.05, 3.63) is 59.7 Å². The summed E-state index contributed by atoms with van der Waals surface area (Å²) in [6.07, 6.45) is 4.15. The van der Waals surface area contributed by atoms with Gasteiger partial charge in [-0.2, -0.15) is 0 Å². The maximum atomic E-state index is 12.5. The van der Waals surface area contributed by atoms with Crippen LogP contribution in [-0.2, 0) is 19.6 Å². The van der Waals surface area contributed by atoms with E-state index in [-0.39, 0.29) is 10.9 Å². The minimum absolute atomic E-state index is 0.249. The molecule has 0 unspecified atom stereocenters. The molecule has 3 rings (SSSR count). The highest BCUT2D eigenvalue weighted by Crippen LogP contribution is 2.20. The van der Waals surface area contributed by atoms with Gasteiger partial charge in [0.25, 0.3) is 0 Å². The SMILES string of the molecule is CCOC(=O)C(C)=Cc1ccc(Nc2ccc(S(=O)(=O)NCCN3CCCC3)cc2)cc1. The minimum atomic E-state index is -3.52. The van der Waals surface area contributed by atoms with E-state index in [1.807, 2.05) is 24.3 Å². The zero-order chi connectivity index (χ0) is 23.0. The van der Waals surface area contributed by atoms with E-state index < -0.39 is 10.0 Å². The van der Waals surface area contributed by atoms with Crippen molar-refractivity contribution < 1.29 is 17.9 Å². The van der Waals surface area contributed by atoms with E-state index in [2.05, 4.69) is 14.9 Å². The van der Waals surface area contributed by atoms with Gasteiger partial charge in [-0.15, -0.1) is 0 Å². The van der Waals surface area contributed by atoms with E-state index in [9.17, 15) is 13.2 Å². The van der Waals surface area contributed by atoms with Crippen LogP contribution < -0.4 is 10.0 Å². The molecule has 1 aliphatic heterocycles. The number of nitrogens with zero attached hydrogens (tertiary/aromatic N) is 1. The first-order chi connectivity index (χ1) is 15.4. The molecule has 0 bridgehead atoms. The summed E-state index contributed by atoms with van der Waals surface area (Å²) in [5.74, 6) is -0.324. The fourth-order valence-corrected chi connectivity index (χ4v) is 4.55. The molecule has 2 N–H and O–H groups in total. The first-order valence-electron chi connectivity index (χ1n) is 10.9. The predicted molar refractivity (Wildman–Crippen MR) is 127 cm³/mol. The second-order valence-corrected chi connectivity index (χ2v) is 9.53. The lowest BCUT2D eigenvalue weighted by molar-refractivity contribution is -0.138. The highest BCUT2D eigenvalue weighted by Gasteiger charge is 2.16. The van der Waals surface area contributed by atoms with E-state index in [4.69, 9.17) is 4.74 Å². The van der Waals surface area contributed by atoms with Gasteiger partial charge in [-0.1, -0.05) is 12.1 Å². The van der Waals surface area contributed by atoms with Crippen molar-refractivity contribution in [1.82, 2.24) is 9.62 Å². The summed E-state index contributed by atoms with van der Waals surface area (Å²) in [5.41, 5.74) is 3.07. The lowest BCUT2D eigenvalue weighted by Gasteiger charge is -2.15. The average Bonchev–Trinajstić information content (AvgIpc) is 3.29. The summed E-state index contributed by atoms with van der Waals surface area (Å²) in [6, 6.07) is 14.3. The van der Waals surface area contributed by atoms with Gasteiger partial charge in [0.2, 0.25) is 10.0 Å². The van der Waals surface area contributed by atoms with Crippen LogP contribution in [0.3, 0.4) is 0 Å². The van der Waals surface area contributed by atoms with Crippen LogP contribution in [0, 0.1) is 0 Å². The number of hydrogen-bond acceptors (Lipinski definition) is 6. The third kappa shape index (κ3) is 6.91. The molecule has 2 aromatic rings. The first kappa shape index (κ1) is 24.0. The van der Waals surface area contributed by atoms with Gasteiger partial charge >= 0.3 is 5.97 Å². The minimum Gasteiger partial charge on any atom is -0.463 e. The quantitative estimate of drug-likeness (QED) is 0.417. The number of esters is 1. The molecule has 1 fully saturated rings. The van der Waals surface area contributed by atoms with Crippen LogP contribution in [0.4, 0.5) is 11.4 Å².